The second kappa shape index (κ2) is 9.51. The number of aryl methyl sites for hydroxylation is 2. The Morgan fingerprint density at radius 3 is 2.85 bits per heavy atom. The van der Waals surface area contributed by atoms with Crippen molar-refractivity contribution in [2.24, 2.45) is 0 Å². The number of amides is 1. The van der Waals surface area contributed by atoms with Gasteiger partial charge >= 0.3 is 0 Å². The molecule has 1 fully saturated rings. The molecule has 6 nitrogen and oxygen atoms in total. The zero-order valence-electron chi connectivity index (χ0n) is 18.9. The Morgan fingerprint density at radius 2 is 2.09 bits per heavy atom. The lowest BCUT2D eigenvalue weighted by Gasteiger charge is -2.32. The summed E-state index contributed by atoms with van der Waals surface area (Å²) in [6.07, 6.45) is 7.62. The Balaban J connectivity index is 1.18. The third kappa shape index (κ3) is 4.60. The Bertz CT molecular complexity index is 1130. The number of ether oxygens (including phenoxy) is 1. The molecule has 0 saturated carbocycles. The minimum absolute atomic E-state index is 0.0520. The Morgan fingerprint density at radius 1 is 1.24 bits per heavy atom. The van der Waals surface area contributed by atoms with Crippen molar-refractivity contribution in [2.75, 3.05) is 20.2 Å². The number of methoxy groups -OCH3 is 1. The van der Waals surface area contributed by atoms with Gasteiger partial charge in [-0.05, 0) is 65.4 Å². The molecule has 0 N–H and O–H groups in total. The average Bonchev–Trinajstić information content (AvgIpc) is 3.59. The van der Waals surface area contributed by atoms with Crippen molar-refractivity contribution >= 4 is 23.0 Å². The van der Waals surface area contributed by atoms with E-state index in [4.69, 9.17) is 4.74 Å². The van der Waals surface area contributed by atoms with Gasteiger partial charge in [-0.1, -0.05) is 0 Å². The van der Waals surface area contributed by atoms with Gasteiger partial charge in [-0.3, -0.25) is 9.59 Å². The summed E-state index contributed by atoms with van der Waals surface area (Å²) in [6, 6.07) is 7.74. The maximum Gasteiger partial charge on any atom is 0.223 e. The molecule has 3 heterocycles. The molecule has 1 atom stereocenters. The number of carbonyl (C=O) groups is 2. The van der Waals surface area contributed by atoms with Crippen LogP contribution in [0.25, 0.3) is 0 Å². The van der Waals surface area contributed by atoms with Crippen molar-refractivity contribution in [3.05, 3.63) is 69.9 Å². The van der Waals surface area contributed by atoms with E-state index in [-0.39, 0.29) is 17.6 Å². The summed E-state index contributed by atoms with van der Waals surface area (Å²) in [5.41, 5.74) is 3.06. The number of piperidine rings is 1. The zero-order chi connectivity index (χ0) is 22.8. The van der Waals surface area contributed by atoms with Gasteiger partial charge in [0.1, 0.15) is 11.6 Å². The fourth-order valence-electron chi connectivity index (χ4n) is 5.17. The first-order valence-corrected chi connectivity index (χ1v) is 12.6. The normalized spacial score (nSPS) is 18.5. The van der Waals surface area contributed by atoms with E-state index < -0.39 is 0 Å². The van der Waals surface area contributed by atoms with E-state index in [1.54, 1.807) is 18.4 Å². The van der Waals surface area contributed by atoms with Crippen molar-refractivity contribution < 1.29 is 14.3 Å². The molecule has 1 amide bonds. The highest BCUT2D eigenvalue weighted by atomic mass is 32.1. The number of aromatic nitrogens is 2. The summed E-state index contributed by atoms with van der Waals surface area (Å²) in [5.74, 6) is 2.46. The first-order valence-electron chi connectivity index (χ1n) is 11.6. The van der Waals surface area contributed by atoms with E-state index in [0.29, 0.717) is 18.8 Å². The standard InChI is InChI=1S/C26H29N3O3S/c1-32-21-2-3-22-23(16-21)20(14-24(22)30)15-25(31)28-10-5-19(6-11-28)26-27-8-12-29(26)9-4-18-7-13-33-17-18/h2-3,7-8,12-13,16-17,19-20H,4-6,9-11,14-15H2,1H3. The van der Waals surface area contributed by atoms with Crippen molar-refractivity contribution in [1.82, 2.24) is 14.5 Å². The molecule has 7 heteroatoms. The van der Waals surface area contributed by atoms with Crippen LogP contribution in [-0.2, 0) is 17.8 Å². The third-order valence-electron chi connectivity index (χ3n) is 7.03. The second-order valence-corrected chi connectivity index (χ2v) is 9.78. The van der Waals surface area contributed by atoms with Crippen LogP contribution in [0.5, 0.6) is 5.75 Å². The SMILES string of the molecule is COc1ccc2c(c1)C(CC(=O)N1CCC(c3nccn3CCc3ccsc3)CC1)CC2=O. The number of Topliss-reactive ketones (excluding diaryl/α,β-unsaturated/α-hetero) is 1. The van der Waals surface area contributed by atoms with Crippen molar-refractivity contribution in [2.45, 2.75) is 50.5 Å². The number of benzene rings is 1. The lowest BCUT2D eigenvalue weighted by molar-refractivity contribution is -0.132. The molecule has 1 aliphatic carbocycles. The number of ketones is 1. The van der Waals surface area contributed by atoms with E-state index in [9.17, 15) is 9.59 Å². The van der Waals surface area contributed by atoms with Crippen molar-refractivity contribution in [3.63, 3.8) is 0 Å². The van der Waals surface area contributed by atoms with E-state index in [0.717, 1.165) is 61.6 Å². The fraction of sp³-hybridized carbons (Fsp3) is 0.423. The van der Waals surface area contributed by atoms with Gasteiger partial charge in [-0.15, -0.1) is 0 Å². The zero-order valence-corrected chi connectivity index (χ0v) is 19.7. The fourth-order valence-corrected chi connectivity index (χ4v) is 5.87. The third-order valence-corrected chi connectivity index (χ3v) is 7.77. The van der Waals surface area contributed by atoms with Gasteiger partial charge in [-0.25, -0.2) is 4.98 Å². The second-order valence-electron chi connectivity index (χ2n) is 9.00. The van der Waals surface area contributed by atoms with Crippen LogP contribution in [-0.4, -0.2) is 46.3 Å². The molecule has 0 bridgehead atoms. The smallest absolute Gasteiger partial charge is 0.223 e. The largest absolute Gasteiger partial charge is 0.497 e. The van der Waals surface area contributed by atoms with Gasteiger partial charge < -0.3 is 14.2 Å². The summed E-state index contributed by atoms with van der Waals surface area (Å²) >= 11 is 1.73. The van der Waals surface area contributed by atoms with Gasteiger partial charge in [0.05, 0.1) is 7.11 Å². The van der Waals surface area contributed by atoms with Gasteiger partial charge in [0, 0.05) is 62.3 Å². The maximum absolute atomic E-state index is 13.1. The highest BCUT2D eigenvalue weighted by molar-refractivity contribution is 7.07. The molecule has 1 unspecified atom stereocenters. The van der Waals surface area contributed by atoms with Crippen LogP contribution < -0.4 is 4.74 Å². The number of fused-ring (bicyclic) bond motifs is 1. The molecule has 172 valence electrons. The molecule has 2 aliphatic rings. The van der Waals surface area contributed by atoms with E-state index in [1.807, 2.05) is 29.3 Å². The molecule has 1 aliphatic heterocycles. The summed E-state index contributed by atoms with van der Waals surface area (Å²) in [7, 11) is 1.62. The average molecular weight is 464 g/mol. The molecule has 3 aromatic rings. The number of thiophene rings is 1. The predicted molar refractivity (Wildman–Crippen MR) is 128 cm³/mol. The molecule has 1 saturated heterocycles. The number of nitrogens with zero attached hydrogens (tertiary/aromatic N) is 3. The number of imidazole rings is 1. The van der Waals surface area contributed by atoms with Crippen LogP contribution in [0.2, 0.25) is 0 Å². The molecular weight excluding hydrogens is 434 g/mol. The summed E-state index contributed by atoms with van der Waals surface area (Å²) in [4.78, 5) is 32.1. The van der Waals surface area contributed by atoms with Crippen LogP contribution in [0.1, 0.15) is 64.8 Å². The molecule has 0 radical (unpaired) electrons. The van der Waals surface area contributed by atoms with E-state index in [2.05, 4.69) is 32.6 Å². The van der Waals surface area contributed by atoms with Crippen molar-refractivity contribution in [3.8, 4) is 5.75 Å². The topological polar surface area (TPSA) is 64.4 Å². The van der Waals surface area contributed by atoms with Crippen LogP contribution in [0.4, 0.5) is 0 Å². The summed E-state index contributed by atoms with van der Waals surface area (Å²) in [5, 5.41) is 4.32. The highest BCUT2D eigenvalue weighted by Crippen LogP contribution is 2.38. The summed E-state index contributed by atoms with van der Waals surface area (Å²) < 4.78 is 7.60. The molecular formula is C26H29N3O3S. The Hall–Kier alpha value is -2.93. The Kier molecular flexibility index (Phi) is 6.31. The van der Waals surface area contributed by atoms with Crippen LogP contribution in [0, 0.1) is 0 Å². The van der Waals surface area contributed by atoms with Crippen LogP contribution in [0.15, 0.2) is 47.4 Å². The maximum atomic E-state index is 13.1. The highest BCUT2D eigenvalue weighted by Gasteiger charge is 2.33. The lowest BCUT2D eigenvalue weighted by Crippen LogP contribution is -2.38. The monoisotopic (exact) mass is 463 g/mol. The number of hydrogen-bond acceptors (Lipinski definition) is 5. The number of rotatable bonds is 7. The lowest BCUT2D eigenvalue weighted by atomic mass is 9.93. The Labute approximate surface area is 198 Å². The molecule has 33 heavy (non-hydrogen) atoms. The summed E-state index contributed by atoms with van der Waals surface area (Å²) in [6.45, 7) is 2.42. The first kappa shape index (κ1) is 21.9. The van der Waals surface area contributed by atoms with Crippen molar-refractivity contribution in [1.29, 1.82) is 0 Å². The van der Waals surface area contributed by atoms with E-state index >= 15 is 0 Å². The minimum atomic E-state index is -0.0520. The van der Waals surface area contributed by atoms with Gasteiger partial charge in [0.25, 0.3) is 0 Å². The van der Waals surface area contributed by atoms with Gasteiger partial charge in [0.15, 0.2) is 5.78 Å². The number of hydrogen-bond donors (Lipinski definition) is 0. The van der Waals surface area contributed by atoms with E-state index in [1.165, 1.54) is 5.56 Å². The van der Waals surface area contributed by atoms with Gasteiger partial charge in [-0.2, -0.15) is 11.3 Å². The number of carbonyl (C=O) groups excluding carboxylic acids is 2. The van der Waals surface area contributed by atoms with Crippen LogP contribution >= 0.6 is 11.3 Å². The predicted octanol–water partition coefficient (Wildman–Crippen LogP) is 4.66. The quantitative estimate of drug-likeness (QED) is 0.511. The minimum Gasteiger partial charge on any atom is -0.497 e. The molecule has 1 aromatic carbocycles. The number of likely N-dealkylation sites (tertiary alicyclic amines) is 1. The molecule has 0 spiro atoms. The van der Waals surface area contributed by atoms with Gasteiger partial charge in [0.2, 0.25) is 5.91 Å². The molecule has 5 rings (SSSR count). The molecule has 2 aromatic heterocycles. The van der Waals surface area contributed by atoms with Crippen LogP contribution in [0.3, 0.4) is 0 Å². The first-order chi connectivity index (χ1) is 16.1.